The average Bonchev–Trinajstić information content (AvgIpc) is 2.47. The lowest BCUT2D eigenvalue weighted by Gasteiger charge is -2.07. The van der Waals surface area contributed by atoms with Crippen LogP contribution in [0.4, 0.5) is 5.69 Å². The van der Waals surface area contributed by atoms with Crippen molar-refractivity contribution in [2.45, 2.75) is 6.54 Å². The molecule has 0 saturated carbocycles. The molecule has 0 radical (unpaired) electrons. The van der Waals surface area contributed by atoms with Gasteiger partial charge in [0, 0.05) is 23.0 Å². The molecule has 3 aromatic rings. The summed E-state index contributed by atoms with van der Waals surface area (Å²) in [6.45, 7) is 0.488. The highest BCUT2D eigenvalue weighted by Crippen LogP contribution is 2.13. The zero-order chi connectivity index (χ0) is 13.9. The molecular formula is C15H12ClN3O. The van der Waals surface area contributed by atoms with E-state index in [1.807, 2.05) is 42.5 Å². The third-order valence-electron chi connectivity index (χ3n) is 2.94. The van der Waals surface area contributed by atoms with Crippen LogP contribution in [0.1, 0.15) is 5.69 Å². The lowest BCUT2D eigenvalue weighted by molar-refractivity contribution is 0.971. The van der Waals surface area contributed by atoms with Crippen LogP contribution >= 0.6 is 11.6 Å². The predicted octanol–water partition coefficient (Wildman–Crippen LogP) is 2.96. The van der Waals surface area contributed by atoms with Crippen molar-refractivity contribution in [3.05, 3.63) is 75.8 Å². The van der Waals surface area contributed by atoms with Crippen molar-refractivity contribution in [2.24, 2.45) is 0 Å². The van der Waals surface area contributed by atoms with E-state index in [9.17, 15) is 4.79 Å². The molecule has 0 fully saturated rings. The van der Waals surface area contributed by atoms with Crippen LogP contribution in [0.5, 0.6) is 0 Å². The molecule has 1 aromatic carbocycles. The first-order chi connectivity index (χ1) is 9.72. The van der Waals surface area contributed by atoms with Gasteiger partial charge in [0.25, 0.3) is 5.56 Å². The van der Waals surface area contributed by atoms with Gasteiger partial charge in [-0.05, 0) is 36.4 Å². The van der Waals surface area contributed by atoms with E-state index >= 15 is 0 Å². The number of halogens is 1. The van der Waals surface area contributed by atoms with Gasteiger partial charge in [-0.1, -0.05) is 17.7 Å². The smallest absolute Gasteiger partial charge is 0.258 e. The van der Waals surface area contributed by atoms with Crippen LogP contribution in [0.15, 0.2) is 59.5 Å². The molecule has 3 rings (SSSR count). The molecule has 0 saturated heterocycles. The quantitative estimate of drug-likeness (QED) is 0.805. The Labute approximate surface area is 120 Å². The van der Waals surface area contributed by atoms with Gasteiger partial charge >= 0.3 is 0 Å². The Bertz CT molecular complexity index is 796. The largest absolute Gasteiger partial charge is 0.379 e. The monoisotopic (exact) mass is 285 g/mol. The average molecular weight is 286 g/mol. The van der Waals surface area contributed by atoms with Crippen molar-refractivity contribution in [2.75, 3.05) is 5.32 Å². The Kier molecular flexibility index (Phi) is 3.39. The lowest BCUT2D eigenvalue weighted by Crippen LogP contribution is -2.16. The summed E-state index contributed by atoms with van der Waals surface area (Å²) in [6, 6.07) is 14.4. The van der Waals surface area contributed by atoms with Crippen LogP contribution in [0, 0.1) is 0 Å². The molecule has 0 aliphatic rings. The molecule has 2 heterocycles. The summed E-state index contributed by atoms with van der Waals surface area (Å²) in [5.41, 5.74) is 2.21. The van der Waals surface area contributed by atoms with E-state index in [1.54, 1.807) is 6.20 Å². The highest BCUT2D eigenvalue weighted by molar-refractivity contribution is 6.30. The number of fused-ring (bicyclic) bond motifs is 1. The molecule has 0 spiro atoms. The molecule has 0 aliphatic heterocycles. The van der Waals surface area contributed by atoms with Crippen molar-refractivity contribution in [1.82, 2.24) is 9.38 Å². The second kappa shape index (κ2) is 5.35. The summed E-state index contributed by atoms with van der Waals surface area (Å²) in [5, 5.41) is 3.90. The Morgan fingerprint density at radius 3 is 2.75 bits per heavy atom. The van der Waals surface area contributed by atoms with Crippen LogP contribution in [-0.4, -0.2) is 9.38 Å². The summed E-state index contributed by atoms with van der Waals surface area (Å²) in [4.78, 5) is 16.4. The molecule has 5 heteroatoms. The van der Waals surface area contributed by atoms with Gasteiger partial charge in [0.15, 0.2) is 0 Å². The fourth-order valence-corrected chi connectivity index (χ4v) is 2.08. The Morgan fingerprint density at radius 1 is 1.15 bits per heavy atom. The van der Waals surface area contributed by atoms with Gasteiger partial charge in [-0.2, -0.15) is 0 Å². The number of nitrogens with zero attached hydrogens (tertiary/aromatic N) is 2. The first-order valence-electron chi connectivity index (χ1n) is 6.19. The fraction of sp³-hybridized carbons (Fsp3) is 0.0667. The van der Waals surface area contributed by atoms with Crippen molar-refractivity contribution < 1.29 is 0 Å². The second-order valence-electron chi connectivity index (χ2n) is 4.38. The molecule has 0 unspecified atom stereocenters. The van der Waals surface area contributed by atoms with Crippen molar-refractivity contribution in [3.8, 4) is 0 Å². The first kappa shape index (κ1) is 12.7. The molecule has 0 bridgehead atoms. The van der Waals surface area contributed by atoms with E-state index in [-0.39, 0.29) is 5.56 Å². The maximum absolute atomic E-state index is 11.9. The maximum atomic E-state index is 11.9. The summed E-state index contributed by atoms with van der Waals surface area (Å²) in [6.07, 6.45) is 1.71. The molecule has 4 nitrogen and oxygen atoms in total. The first-order valence-corrected chi connectivity index (χ1v) is 6.57. The molecule has 1 N–H and O–H groups in total. The highest BCUT2D eigenvalue weighted by Gasteiger charge is 2.01. The van der Waals surface area contributed by atoms with Gasteiger partial charge in [-0.25, -0.2) is 4.98 Å². The molecule has 2 aromatic heterocycles. The number of aromatic nitrogens is 2. The third-order valence-corrected chi connectivity index (χ3v) is 3.19. The standard InChI is InChI=1S/C15H12ClN3O/c16-11-4-6-12(7-5-11)17-10-13-9-15(20)19-8-2-1-3-14(19)18-13/h1-9,17H,10H2. The van der Waals surface area contributed by atoms with E-state index < -0.39 is 0 Å². The number of pyridine rings is 1. The van der Waals surface area contributed by atoms with Gasteiger partial charge in [0.2, 0.25) is 0 Å². The van der Waals surface area contributed by atoms with E-state index in [1.165, 1.54) is 10.5 Å². The van der Waals surface area contributed by atoms with E-state index in [2.05, 4.69) is 10.3 Å². The van der Waals surface area contributed by atoms with Gasteiger partial charge < -0.3 is 5.32 Å². The third kappa shape index (κ3) is 2.65. The molecule has 0 amide bonds. The minimum Gasteiger partial charge on any atom is -0.379 e. The second-order valence-corrected chi connectivity index (χ2v) is 4.81. The number of anilines is 1. The van der Waals surface area contributed by atoms with Crippen LogP contribution in [0.25, 0.3) is 5.65 Å². The number of rotatable bonds is 3. The highest BCUT2D eigenvalue weighted by atomic mass is 35.5. The number of benzene rings is 1. The Morgan fingerprint density at radius 2 is 1.95 bits per heavy atom. The van der Waals surface area contributed by atoms with Gasteiger partial charge in [0.1, 0.15) is 5.65 Å². The fourth-order valence-electron chi connectivity index (χ4n) is 1.95. The van der Waals surface area contributed by atoms with Crippen LogP contribution in [0.2, 0.25) is 5.02 Å². The Balaban J connectivity index is 1.84. The van der Waals surface area contributed by atoms with Crippen molar-refractivity contribution in [1.29, 1.82) is 0 Å². The molecule has 0 atom stereocenters. The number of hydrogen-bond donors (Lipinski definition) is 1. The topological polar surface area (TPSA) is 46.4 Å². The van der Waals surface area contributed by atoms with Gasteiger partial charge in [0.05, 0.1) is 12.2 Å². The molecular weight excluding hydrogens is 274 g/mol. The van der Waals surface area contributed by atoms with Gasteiger partial charge in [-0.15, -0.1) is 0 Å². The zero-order valence-corrected chi connectivity index (χ0v) is 11.3. The van der Waals surface area contributed by atoms with Crippen molar-refractivity contribution in [3.63, 3.8) is 0 Å². The van der Waals surface area contributed by atoms with Crippen LogP contribution in [0.3, 0.4) is 0 Å². The minimum atomic E-state index is -0.0801. The van der Waals surface area contributed by atoms with Crippen molar-refractivity contribution >= 4 is 22.9 Å². The van der Waals surface area contributed by atoms with Gasteiger partial charge in [-0.3, -0.25) is 9.20 Å². The minimum absolute atomic E-state index is 0.0801. The number of hydrogen-bond acceptors (Lipinski definition) is 3. The SMILES string of the molecule is O=c1cc(CNc2ccc(Cl)cc2)nc2ccccn12. The molecule has 20 heavy (non-hydrogen) atoms. The summed E-state index contributed by atoms with van der Waals surface area (Å²) >= 11 is 5.83. The van der Waals surface area contributed by atoms with Crippen LogP contribution < -0.4 is 10.9 Å². The lowest BCUT2D eigenvalue weighted by atomic mass is 10.3. The number of nitrogens with one attached hydrogen (secondary N) is 1. The summed E-state index contributed by atoms with van der Waals surface area (Å²) < 4.78 is 1.52. The van der Waals surface area contributed by atoms with E-state index in [0.717, 1.165) is 5.69 Å². The molecule has 100 valence electrons. The predicted molar refractivity (Wildman–Crippen MR) is 80.2 cm³/mol. The summed E-state index contributed by atoms with van der Waals surface area (Å²) in [5.74, 6) is 0. The molecule has 0 aliphatic carbocycles. The van der Waals surface area contributed by atoms with Crippen LogP contribution in [-0.2, 0) is 6.54 Å². The van der Waals surface area contributed by atoms with E-state index in [4.69, 9.17) is 11.6 Å². The van der Waals surface area contributed by atoms with E-state index in [0.29, 0.717) is 22.9 Å². The zero-order valence-electron chi connectivity index (χ0n) is 10.6. The summed E-state index contributed by atoms with van der Waals surface area (Å²) in [7, 11) is 0. The maximum Gasteiger partial charge on any atom is 0.258 e. The normalized spacial score (nSPS) is 10.7. The Hall–Kier alpha value is -2.33.